The Bertz CT molecular complexity index is 814. The summed E-state index contributed by atoms with van der Waals surface area (Å²) in [6.45, 7) is 5.32. The molecule has 1 aliphatic rings. The van der Waals surface area contributed by atoms with E-state index >= 15 is 0 Å². The van der Waals surface area contributed by atoms with Crippen LogP contribution in [0, 0.1) is 5.92 Å². The Labute approximate surface area is 165 Å². The molecule has 3 rings (SSSR count). The minimum absolute atomic E-state index is 0.0509. The zero-order valence-corrected chi connectivity index (χ0v) is 16.4. The molecule has 0 heterocycles. The average molecular weight is 380 g/mol. The van der Waals surface area contributed by atoms with Crippen LogP contribution in [0.15, 0.2) is 48.5 Å². The number of ketones is 1. The molecule has 1 aliphatic carbocycles. The van der Waals surface area contributed by atoms with Crippen LogP contribution in [0.3, 0.4) is 0 Å². The Morgan fingerprint density at radius 2 is 1.57 bits per heavy atom. The quantitative estimate of drug-likeness (QED) is 0.765. The van der Waals surface area contributed by atoms with Crippen LogP contribution in [0.25, 0.3) is 11.1 Å². The third-order valence-electron chi connectivity index (χ3n) is 4.97. The maximum absolute atomic E-state index is 12.3. The maximum Gasteiger partial charge on any atom is 0.407 e. The van der Waals surface area contributed by atoms with E-state index in [0.717, 1.165) is 28.2 Å². The first-order valence-electron chi connectivity index (χ1n) is 9.49. The molecule has 1 amide bonds. The van der Waals surface area contributed by atoms with Gasteiger partial charge in [-0.05, 0) is 35.1 Å². The predicted molar refractivity (Wildman–Crippen MR) is 108 cm³/mol. The molecular weight excluding hydrogens is 354 g/mol. The summed E-state index contributed by atoms with van der Waals surface area (Å²) in [7, 11) is 0. The van der Waals surface area contributed by atoms with Gasteiger partial charge in [-0.3, -0.25) is 4.79 Å². The van der Waals surface area contributed by atoms with Crippen molar-refractivity contribution in [2.24, 2.45) is 0 Å². The Hall–Kier alpha value is -2.66. The summed E-state index contributed by atoms with van der Waals surface area (Å²) >= 11 is 0. The zero-order chi connectivity index (χ0) is 20.3. The highest BCUT2D eigenvalue weighted by molar-refractivity contribution is 5.89. The van der Waals surface area contributed by atoms with Crippen LogP contribution in [0.4, 0.5) is 4.79 Å². The molecule has 0 aliphatic heterocycles. The van der Waals surface area contributed by atoms with E-state index < -0.39 is 18.2 Å². The fourth-order valence-corrected chi connectivity index (χ4v) is 3.70. The van der Waals surface area contributed by atoms with Gasteiger partial charge >= 0.3 is 6.09 Å². The van der Waals surface area contributed by atoms with Crippen LogP contribution in [0.5, 0.6) is 0 Å². The van der Waals surface area contributed by atoms with Crippen molar-refractivity contribution in [3.8, 4) is 11.1 Å². The van der Waals surface area contributed by atoms with E-state index in [0.29, 0.717) is 0 Å². The summed E-state index contributed by atoms with van der Waals surface area (Å²) in [5, 5.41) is 12.4. The first-order chi connectivity index (χ1) is 13.4. The van der Waals surface area contributed by atoms with Crippen molar-refractivity contribution in [1.29, 1.82) is 0 Å². The number of alkyl carbamates (subject to hydrolysis) is 1. The Morgan fingerprint density at radius 3 is 2.07 bits per heavy atom. The SMILES string of the molecule is C[C](C)CC(=O)[C@@H](NC(=O)OCC1c2ccccc2-c2ccccc21)[C@@H](C)O. The van der Waals surface area contributed by atoms with Crippen molar-refractivity contribution in [3.05, 3.63) is 65.6 Å². The molecule has 2 aromatic rings. The number of hydrogen-bond donors (Lipinski definition) is 2. The molecule has 0 aromatic heterocycles. The third kappa shape index (κ3) is 4.25. The topological polar surface area (TPSA) is 75.6 Å². The third-order valence-corrected chi connectivity index (χ3v) is 4.97. The highest BCUT2D eigenvalue weighted by Crippen LogP contribution is 2.44. The summed E-state index contributed by atoms with van der Waals surface area (Å²) < 4.78 is 5.46. The molecule has 28 heavy (non-hydrogen) atoms. The number of rotatable bonds is 7. The van der Waals surface area contributed by atoms with E-state index in [-0.39, 0.29) is 24.7 Å². The van der Waals surface area contributed by atoms with Gasteiger partial charge in [-0.1, -0.05) is 62.4 Å². The second-order valence-electron chi connectivity index (χ2n) is 7.54. The second kappa shape index (κ2) is 8.57. The minimum atomic E-state index is -0.993. The first kappa shape index (κ1) is 20.1. The molecule has 5 heteroatoms. The van der Waals surface area contributed by atoms with Crippen LogP contribution in [-0.2, 0) is 9.53 Å². The van der Waals surface area contributed by atoms with Crippen molar-refractivity contribution < 1.29 is 19.4 Å². The van der Waals surface area contributed by atoms with Gasteiger partial charge in [-0.15, -0.1) is 0 Å². The van der Waals surface area contributed by atoms with Crippen LogP contribution in [0.1, 0.15) is 44.2 Å². The lowest BCUT2D eigenvalue weighted by Gasteiger charge is -2.21. The molecule has 0 spiro atoms. The van der Waals surface area contributed by atoms with Gasteiger partial charge in [0, 0.05) is 12.3 Å². The fourth-order valence-electron chi connectivity index (χ4n) is 3.70. The lowest BCUT2D eigenvalue weighted by Crippen LogP contribution is -2.48. The molecule has 1 radical (unpaired) electrons. The van der Waals surface area contributed by atoms with Crippen molar-refractivity contribution in [3.63, 3.8) is 0 Å². The highest BCUT2D eigenvalue weighted by Gasteiger charge is 2.30. The van der Waals surface area contributed by atoms with Crippen molar-refractivity contribution >= 4 is 11.9 Å². The Balaban J connectivity index is 1.68. The number of carbonyl (C=O) groups is 2. The van der Waals surface area contributed by atoms with Crippen molar-refractivity contribution in [2.45, 2.75) is 45.3 Å². The largest absolute Gasteiger partial charge is 0.449 e. The molecule has 147 valence electrons. The number of aliphatic hydroxyl groups is 1. The van der Waals surface area contributed by atoms with Gasteiger partial charge in [0.2, 0.25) is 0 Å². The van der Waals surface area contributed by atoms with E-state index in [9.17, 15) is 14.7 Å². The van der Waals surface area contributed by atoms with E-state index in [2.05, 4.69) is 17.4 Å². The highest BCUT2D eigenvalue weighted by atomic mass is 16.5. The summed E-state index contributed by atoms with van der Waals surface area (Å²) in [5.41, 5.74) is 4.54. The maximum atomic E-state index is 12.3. The fraction of sp³-hybridized carbons (Fsp3) is 0.348. The molecule has 2 atom stereocenters. The number of carbonyl (C=O) groups excluding carboxylic acids is 2. The Morgan fingerprint density at radius 1 is 1.04 bits per heavy atom. The molecule has 2 N–H and O–H groups in total. The standard InChI is InChI=1S/C23H26NO4/c1-14(2)12-21(26)22(15(3)25)24-23(27)28-13-20-18-10-6-4-8-16(18)17-9-5-7-11-19(17)20/h4-11,15,20,22,25H,12-13H2,1-3H3,(H,24,27)/t15-,22+/m1/s1. The molecule has 2 aromatic carbocycles. The van der Waals surface area contributed by atoms with E-state index in [1.54, 1.807) is 0 Å². The molecule has 0 saturated heterocycles. The lowest BCUT2D eigenvalue weighted by atomic mass is 9.98. The van der Waals surface area contributed by atoms with Gasteiger partial charge in [0.25, 0.3) is 0 Å². The van der Waals surface area contributed by atoms with Gasteiger partial charge in [0.1, 0.15) is 12.6 Å². The second-order valence-corrected chi connectivity index (χ2v) is 7.54. The van der Waals surface area contributed by atoms with Gasteiger partial charge in [-0.2, -0.15) is 0 Å². The van der Waals surface area contributed by atoms with Gasteiger partial charge in [-0.25, -0.2) is 4.79 Å². The molecule has 0 bridgehead atoms. The summed E-state index contributed by atoms with van der Waals surface area (Å²) in [6.07, 6.45) is -1.48. The number of amides is 1. The van der Waals surface area contributed by atoms with E-state index in [4.69, 9.17) is 4.74 Å². The number of fused-ring (bicyclic) bond motifs is 3. The zero-order valence-electron chi connectivity index (χ0n) is 16.4. The number of hydrogen-bond acceptors (Lipinski definition) is 4. The number of ether oxygens (including phenoxy) is 1. The molecule has 0 saturated carbocycles. The number of nitrogens with one attached hydrogen (secondary N) is 1. The monoisotopic (exact) mass is 380 g/mol. The lowest BCUT2D eigenvalue weighted by molar-refractivity contribution is -0.123. The summed E-state index contributed by atoms with van der Waals surface area (Å²) in [6, 6.07) is 15.2. The summed E-state index contributed by atoms with van der Waals surface area (Å²) in [5.74, 6) is 0.638. The van der Waals surface area contributed by atoms with Gasteiger partial charge in [0.05, 0.1) is 6.10 Å². The number of aliphatic hydroxyl groups excluding tert-OH is 1. The molecule has 0 unspecified atom stereocenters. The first-order valence-corrected chi connectivity index (χ1v) is 9.49. The number of Topliss-reactive ketones (excluding diaryl/α,β-unsaturated/α-hetero) is 1. The van der Waals surface area contributed by atoms with Crippen molar-refractivity contribution in [2.75, 3.05) is 6.61 Å². The average Bonchev–Trinajstić information content (AvgIpc) is 2.97. The number of benzene rings is 2. The van der Waals surface area contributed by atoms with Gasteiger partial charge in [0.15, 0.2) is 5.78 Å². The van der Waals surface area contributed by atoms with Crippen LogP contribution >= 0.6 is 0 Å². The Kier molecular flexibility index (Phi) is 6.15. The molecule has 5 nitrogen and oxygen atoms in total. The minimum Gasteiger partial charge on any atom is -0.449 e. The summed E-state index contributed by atoms with van der Waals surface area (Å²) in [4.78, 5) is 24.6. The predicted octanol–water partition coefficient (Wildman–Crippen LogP) is 3.85. The van der Waals surface area contributed by atoms with Crippen LogP contribution < -0.4 is 5.32 Å². The molecular formula is C23H26NO4. The van der Waals surface area contributed by atoms with Crippen LogP contribution in [0.2, 0.25) is 0 Å². The van der Waals surface area contributed by atoms with E-state index in [1.165, 1.54) is 6.92 Å². The van der Waals surface area contributed by atoms with Gasteiger partial charge < -0.3 is 15.2 Å². The smallest absolute Gasteiger partial charge is 0.407 e. The van der Waals surface area contributed by atoms with E-state index in [1.807, 2.05) is 50.2 Å². The normalized spacial score (nSPS) is 14.9. The van der Waals surface area contributed by atoms with Crippen molar-refractivity contribution in [1.82, 2.24) is 5.32 Å². The van der Waals surface area contributed by atoms with Crippen LogP contribution in [-0.4, -0.2) is 35.7 Å². The molecule has 0 fully saturated rings.